The van der Waals surface area contributed by atoms with Crippen LogP contribution >= 0.6 is 11.6 Å². The first kappa shape index (κ1) is 16.0. The molecule has 0 aliphatic heterocycles. The van der Waals surface area contributed by atoms with E-state index in [1.165, 1.54) is 0 Å². The molecule has 1 amide bonds. The summed E-state index contributed by atoms with van der Waals surface area (Å²) in [5.74, 6) is -0.416. The summed E-state index contributed by atoms with van der Waals surface area (Å²) in [5.41, 5.74) is 4.68. The van der Waals surface area contributed by atoms with Crippen molar-refractivity contribution in [3.8, 4) is 0 Å². The highest BCUT2D eigenvalue weighted by atomic mass is 35.5. The Morgan fingerprint density at radius 1 is 1.36 bits per heavy atom. The molecule has 2 aromatic rings. The molecule has 0 aliphatic carbocycles. The third kappa shape index (κ3) is 3.85. The van der Waals surface area contributed by atoms with Crippen LogP contribution in [0.5, 0.6) is 0 Å². The molecular weight excluding hydrogens is 321 g/mol. The number of rotatable bonds is 3. The lowest BCUT2D eigenvalue weighted by atomic mass is 10.2. The summed E-state index contributed by atoms with van der Waals surface area (Å²) in [7, 11) is 0. The number of pyridine rings is 2. The van der Waals surface area contributed by atoms with Crippen LogP contribution in [0.2, 0.25) is 5.02 Å². The maximum atomic E-state index is 12.5. The number of nitrogens with zero attached hydrogens (tertiary/aromatic N) is 2. The van der Waals surface area contributed by atoms with E-state index in [4.69, 9.17) is 17.3 Å². The molecule has 0 fully saturated rings. The van der Waals surface area contributed by atoms with Gasteiger partial charge in [0.05, 0.1) is 22.8 Å². The summed E-state index contributed by atoms with van der Waals surface area (Å²) in [6.07, 6.45) is -4.02. The molecule has 0 spiro atoms. The molecule has 116 valence electrons. The van der Waals surface area contributed by atoms with Crippen molar-refractivity contribution in [1.29, 1.82) is 0 Å². The number of nitrogens with two attached hydrogens (primary N) is 1. The highest BCUT2D eigenvalue weighted by Gasteiger charge is 2.32. The van der Waals surface area contributed by atoms with Gasteiger partial charge >= 0.3 is 6.18 Å². The largest absolute Gasteiger partial charge is 0.417 e. The van der Waals surface area contributed by atoms with Gasteiger partial charge in [0.2, 0.25) is 0 Å². The number of anilines is 1. The zero-order valence-electron chi connectivity index (χ0n) is 11.0. The van der Waals surface area contributed by atoms with Crippen LogP contribution in [0.3, 0.4) is 0 Å². The van der Waals surface area contributed by atoms with Gasteiger partial charge in [-0.05, 0) is 18.2 Å². The zero-order chi connectivity index (χ0) is 16.3. The second kappa shape index (κ2) is 6.18. The first-order valence-electron chi connectivity index (χ1n) is 5.99. The normalized spacial score (nSPS) is 11.3. The minimum absolute atomic E-state index is 0.0445. The van der Waals surface area contributed by atoms with Crippen LogP contribution in [0.25, 0.3) is 0 Å². The molecule has 0 unspecified atom stereocenters. The lowest BCUT2D eigenvalue weighted by molar-refractivity contribution is -0.137. The van der Waals surface area contributed by atoms with Crippen molar-refractivity contribution in [1.82, 2.24) is 15.3 Å². The van der Waals surface area contributed by atoms with Gasteiger partial charge < -0.3 is 11.1 Å². The number of nitrogens with one attached hydrogen (secondary N) is 1. The monoisotopic (exact) mass is 330 g/mol. The number of aromatic nitrogens is 2. The van der Waals surface area contributed by atoms with Crippen LogP contribution in [-0.2, 0) is 12.7 Å². The summed E-state index contributed by atoms with van der Waals surface area (Å²) in [4.78, 5) is 19.3. The Balaban J connectivity index is 2.10. The van der Waals surface area contributed by atoms with Crippen molar-refractivity contribution in [3.63, 3.8) is 0 Å². The van der Waals surface area contributed by atoms with Gasteiger partial charge in [-0.3, -0.25) is 4.79 Å². The van der Waals surface area contributed by atoms with Gasteiger partial charge in [0.25, 0.3) is 5.91 Å². The van der Waals surface area contributed by atoms with Crippen LogP contribution < -0.4 is 11.1 Å². The molecule has 2 aromatic heterocycles. The van der Waals surface area contributed by atoms with E-state index in [1.54, 1.807) is 18.2 Å². The number of alkyl halides is 3. The van der Waals surface area contributed by atoms with E-state index in [9.17, 15) is 18.0 Å². The van der Waals surface area contributed by atoms with Crippen molar-refractivity contribution in [3.05, 3.63) is 52.4 Å². The number of halogens is 4. The molecule has 2 rings (SSSR count). The average Bonchev–Trinajstić information content (AvgIpc) is 2.44. The third-order valence-electron chi connectivity index (χ3n) is 2.64. The summed E-state index contributed by atoms with van der Waals surface area (Å²) in [5, 5.41) is 2.07. The van der Waals surface area contributed by atoms with E-state index >= 15 is 0 Å². The number of carbonyl (C=O) groups is 1. The fraction of sp³-hybridized carbons (Fsp3) is 0.154. The van der Waals surface area contributed by atoms with E-state index in [1.807, 2.05) is 0 Å². The third-order valence-corrected chi connectivity index (χ3v) is 2.93. The molecule has 3 N–H and O–H groups in total. The van der Waals surface area contributed by atoms with Gasteiger partial charge in [0.15, 0.2) is 0 Å². The maximum Gasteiger partial charge on any atom is 0.417 e. The lowest BCUT2D eigenvalue weighted by Crippen LogP contribution is -2.25. The summed E-state index contributed by atoms with van der Waals surface area (Å²) >= 11 is 5.68. The van der Waals surface area contributed by atoms with E-state index in [0.717, 1.165) is 0 Å². The molecule has 2 heterocycles. The van der Waals surface area contributed by atoms with Crippen molar-refractivity contribution in [2.24, 2.45) is 0 Å². The summed E-state index contributed by atoms with van der Waals surface area (Å²) in [6, 6.07) is 5.54. The van der Waals surface area contributed by atoms with Gasteiger partial charge in [0, 0.05) is 6.20 Å². The van der Waals surface area contributed by atoms with Crippen LogP contribution in [0.1, 0.15) is 21.7 Å². The highest BCUT2D eigenvalue weighted by molar-refractivity contribution is 6.33. The average molecular weight is 331 g/mol. The fourth-order valence-corrected chi connectivity index (χ4v) is 1.86. The van der Waals surface area contributed by atoms with Crippen molar-refractivity contribution >= 4 is 23.3 Å². The van der Waals surface area contributed by atoms with Crippen molar-refractivity contribution < 1.29 is 18.0 Å². The molecule has 5 nitrogen and oxygen atoms in total. The lowest BCUT2D eigenvalue weighted by Gasteiger charge is -2.09. The molecule has 0 aromatic carbocycles. The van der Waals surface area contributed by atoms with Crippen LogP contribution in [0, 0.1) is 0 Å². The number of hydrogen-bond acceptors (Lipinski definition) is 4. The Labute approximate surface area is 128 Å². The van der Waals surface area contributed by atoms with Gasteiger partial charge in [0.1, 0.15) is 11.5 Å². The van der Waals surface area contributed by atoms with E-state index < -0.39 is 17.6 Å². The van der Waals surface area contributed by atoms with Crippen LogP contribution in [-0.4, -0.2) is 15.9 Å². The second-order valence-electron chi connectivity index (χ2n) is 4.29. The molecular formula is C13H10ClF3N4O. The Morgan fingerprint density at radius 2 is 2.09 bits per heavy atom. The number of carbonyl (C=O) groups excluding carboxylic acids is 1. The minimum Gasteiger partial charge on any atom is -0.384 e. The Hall–Kier alpha value is -2.35. The number of amides is 1. The summed E-state index contributed by atoms with van der Waals surface area (Å²) in [6.45, 7) is 0.0445. The predicted octanol–water partition coefficient (Wildman–Crippen LogP) is 2.66. The van der Waals surface area contributed by atoms with Crippen molar-refractivity contribution in [2.45, 2.75) is 12.7 Å². The molecule has 0 bridgehead atoms. The zero-order valence-corrected chi connectivity index (χ0v) is 11.7. The minimum atomic E-state index is -4.57. The van der Waals surface area contributed by atoms with Gasteiger partial charge in [-0.25, -0.2) is 9.97 Å². The summed E-state index contributed by atoms with van der Waals surface area (Å²) < 4.78 is 37.5. The smallest absolute Gasteiger partial charge is 0.384 e. The topological polar surface area (TPSA) is 80.9 Å². The molecule has 22 heavy (non-hydrogen) atoms. The second-order valence-corrected chi connectivity index (χ2v) is 4.70. The molecule has 0 atom stereocenters. The van der Waals surface area contributed by atoms with Gasteiger partial charge in [-0.2, -0.15) is 13.2 Å². The highest BCUT2D eigenvalue weighted by Crippen LogP contribution is 2.30. The predicted molar refractivity (Wildman–Crippen MR) is 74.1 cm³/mol. The van der Waals surface area contributed by atoms with Crippen LogP contribution in [0.15, 0.2) is 30.5 Å². The number of hydrogen-bond donors (Lipinski definition) is 2. The van der Waals surface area contributed by atoms with Gasteiger partial charge in [-0.15, -0.1) is 0 Å². The fourth-order valence-electron chi connectivity index (χ4n) is 1.61. The molecule has 0 saturated heterocycles. The SMILES string of the molecule is Nc1cccc(CNC(=O)c2ncc(C(F)(F)F)cc2Cl)n1. The van der Waals surface area contributed by atoms with E-state index in [-0.39, 0.29) is 23.1 Å². The maximum absolute atomic E-state index is 12.5. The molecule has 0 radical (unpaired) electrons. The Kier molecular flexibility index (Phi) is 4.51. The first-order chi connectivity index (χ1) is 10.3. The van der Waals surface area contributed by atoms with Crippen molar-refractivity contribution in [2.75, 3.05) is 5.73 Å². The first-order valence-corrected chi connectivity index (χ1v) is 6.37. The standard InChI is InChI=1S/C13H10ClF3N4O/c14-9-4-7(13(15,16)17)5-19-11(9)12(22)20-6-8-2-1-3-10(18)21-8/h1-5H,6H2,(H2,18,21)(H,20,22). The van der Waals surface area contributed by atoms with E-state index in [2.05, 4.69) is 15.3 Å². The molecule has 9 heteroatoms. The van der Waals surface area contributed by atoms with Gasteiger partial charge in [-0.1, -0.05) is 17.7 Å². The quantitative estimate of drug-likeness (QED) is 0.906. The Bertz CT molecular complexity index is 706. The Morgan fingerprint density at radius 3 is 2.68 bits per heavy atom. The van der Waals surface area contributed by atoms with Crippen LogP contribution in [0.4, 0.5) is 19.0 Å². The molecule has 0 saturated carbocycles. The molecule has 0 aliphatic rings. The number of nitrogen functional groups attached to an aromatic ring is 1. The van der Waals surface area contributed by atoms with E-state index in [0.29, 0.717) is 18.0 Å².